The number of carbonyl (C=O) groups is 1. The minimum atomic E-state index is -0.332. The Morgan fingerprint density at radius 3 is 2.52 bits per heavy atom. The van der Waals surface area contributed by atoms with Crippen LogP contribution in [-0.2, 0) is 6.54 Å². The molecule has 2 aromatic carbocycles. The van der Waals surface area contributed by atoms with Crippen LogP contribution >= 0.6 is 11.6 Å². The van der Waals surface area contributed by atoms with E-state index in [1.165, 1.54) is 0 Å². The Hall–Kier alpha value is -2.92. The van der Waals surface area contributed by atoms with Gasteiger partial charge in [0, 0.05) is 12.2 Å². The van der Waals surface area contributed by atoms with Crippen molar-refractivity contribution in [2.45, 2.75) is 13.5 Å². The molecule has 0 aliphatic rings. The molecule has 2 N–H and O–H groups in total. The zero-order chi connectivity index (χ0) is 17.6. The first-order valence-electron chi connectivity index (χ1n) is 7.81. The zero-order valence-corrected chi connectivity index (χ0v) is 14.4. The first-order valence-corrected chi connectivity index (χ1v) is 8.19. The third kappa shape index (κ3) is 4.55. The number of hydrogen-bond donors (Lipinski definition) is 2. The second kappa shape index (κ2) is 7.77. The number of anilines is 2. The number of halogens is 1. The maximum Gasteiger partial charge on any atom is 0.274 e. The fourth-order valence-electron chi connectivity index (χ4n) is 2.29. The molecule has 0 radical (unpaired) electrons. The van der Waals surface area contributed by atoms with Crippen LogP contribution in [0.3, 0.4) is 0 Å². The Morgan fingerprint density at radius 1 is 1.04 bits per heavy atom. The summed E-state index contributed by atoms with van der Waals surface area (Å²) in [6.07, 6.45) is 0. The molecule has 126 valence electrons. The number of aromatic nitrogens is 2. The van der Waals surface area contributed by atoms with Gasteiger partial charge in [0.2, 0.25) is 5.95 Å². The highest BCUT2D eigenvalue weighted by atomic mass is 35.5. The Kier molecular flexibility index (Phi) is 5.26. The predicted molar refractivity (Wildman–Crippen MR) is 99.9 cm³/mol. The van der Waals surface area contributed by atoms with Crippen molar-refractivity contribution in [2.24, 2.45) is 0 Å². The van der Waals surface area contributed by atoms with Gasteiger partial charge in [0.05, 0.1) is 10.7 Å². The molecule has 0 bridgehead atoms. The lowest BCUT2D eigenvalue weighted by Crippen LogP contribution is -2.16. The summed E-state index contributed by atoms with van der Waals surface area (Å²) in [6, 6.07) is 18.6. The predicted octanol–water partition coefficient (Wildman–Crippen LogP) is 4.30. The Labute approximate surface area is 151 Å². The van der Waals surface area contributed by atoms with E-state index in [-0.39, 0.29) is 11.6 Å². The summed E-state index contributed by atoms with van der Waals surface area (Å²) >= 11 is 6.08. The van der Waals surface area contributed by atoms with Crippen LogP contribution in [0.25, 0.3) is 0 Å². The largest absolute Gasteiger partial charge is 0.350 e. The highest BCUT2D eigenvalue weighted by Gasteiger charge is 2.12. The number of benzene rings is 2. The third-order valence-electron chi connectivity index (χ3n) is 3.50. The quantitative estimate of drug-likeness (QED) is 0.718. The summed E-state index contributed by atoms with van der Waals surface area (Å²) in [5.74, 6) is 0.0783. The zero-order valence-electron chi connectivity index (χ0n) is 13.7. The average Bonchev–Trinajstić information content (AvgIpc) is 2.62. The number of para-hydroxylation sites is 1. The second-order valence-corrected chi connectivity index (χ2v) is 5.90. The van der Waals surface area contributed by atoms with Crippen LogP contribution in [0.5, 0.6) is 0 Å². The van der Waals surface area contributed by atoms with Gasteiger partial charge in [-0.15, -0.1) is 0 Å². The summed E-state index contributed by atoms with van der Waals surface area (Å²) in [4.78, 5) is 21.1. The first kappa shape index (κ1) is 16.9. The molecule has 0 fully saturated rings. The van der Waals surface area contributed by atoms with Crippen molar-refractivity contribution in [1.82, 2.24) is 9.97 Å². The maximum absolute atomic E-state index is 12.5. The molecule has 1 heterocycles. The lowest BCUT2D eigenvalue weighted by molar-refractivity contribution is 0.102. The van der Waals surface area contributed by atoms with Crippen molar-refractivity contribution in [2.75, 3.05) is 10.6 Å². The second-order valence-electron chi connectivity index (χ2n) is 5.49. The minimum absolute atomic E-state index is 0.281. The highest BCUT2D eigenvalue weighted by molar-refractivity contribution is 6.33. The van der Waals surface area contributed by atoms with E-state index in [9.17, 15) is 4.79 Å². The smallest absolute Gasteiger partial charge is 0.274 e. The standard InChI is InChI=1S/C19H17ClN4O/c1-13-11-17(18(25)23-16-10-6-5-9-15(16)20)24-19(22-13)21-12-14-7-3-2-4-8-14/h2-11H,12H2,1H3,(H,23,25)(H,21,22,24). The lowest BCUT2D eigenvalue weighted by Gasteiger charge is -2.09. The molecule has 0 aliphatic carbocycles. The van der Waals surface area contributed by atoms with Crippen molar-refractivity contribution in [3.8, 4) is 0 Å². The van der Waals surface area contributed by atoms with Crippen molar-refractivity contribution >= 4 is 29.1 Å². The van der Waals surface area contributed by atoms with Crippen LogP contribution < -0.4 is 10.6 Å². The van der Waals surface area contributed by atoms with Crippen LogP contribution in [0.2, 0.25) is 5.02 Å². The molecule has 5 nitrogen and oxygen atoms in total. The van der Waals surface area contributed by atoms with Gasteiger partial charge in [-0.2, -0.15) is 0 Å². The molecule has 3 rings (SSSR count). The molecule has 0 spiro atoms. The van der Waals surface area contributed by atoms with Crippen molar-refractivity contribution in [3.05, 3.63) is 82.6 Å². The van der Waals surface area contributed by atoms with Crippen molar-refractivity contribution in [3.63, 3.8) is 0 Å². The number of rotatable bonds is 5. The molecular weight excluding hydrogens is 336 g/mol. The Balaban J connectivity index is 1.74. The molecule has 0 aliphatic heterocycles. The van der Waals surface area contributed by atoms with Gasteiger partial charge in [0.1, 0.15) is 5.69 Å². The van der Waals surface area contributed by atoms with Gasteiger partial charge in [-0.1, -0.05) is 54.1 Å². The number of carbonyl (C=O) groups excluding carboxylic acids is 1. The third-order valence-corrected chi connectivity index (χ3v) is 3.83. The summed E-state index contributed by atoms with van der Waals surface area (Å²) in [5, 5.41) is 6.39. The number of amides is 1. The van der Waals surface area contributed by atoms with E-state index >= 15 is 0 Å². The molecule has 0 saturated heterocycles. The van der Waals surface area contributed by atoms with Gasteiger partial charge in [0.15, 0.2) is 0 Å². The summed E-state index contributed by atoms with van der Waals surface area (Å²) in [6.45, 7) is 2.40. The molecule has 3 aromatic rings. The summed E-state index contributed by atoms with van der Waals surface area (Å²) < 4.78 is 0. The van der Waals surface area contributed by atoms with E-state index in [2.05, 4.69) is 20.6 Å². The number of aryl methyl sites for hydroxylation is 1. The van der Waals surface area contributed by atoms with Gasteiger partial charge >= 0.3 is 0 Å². The van der Waals surface area contributed by atoms with Gasteiger partial charge in [0.25, 0.3) is 5.91 Å². The van der Waals surface area contributed by atoms with E-state index in [1.807, 2.05) is 37.3 Å². The Bertz CT molecular complexity index is 884. The first-order chi connectivity index (χ1) is 12.1. The maximum atomic E-state index is 12.5. The van der Waals surface area contributed by atoms with E-state index in [0.717, 1.165) is 5.56 Å². The van der Waals surface area contributed by atoms with Crippen LogP contribution in [0.15, 0.2) is 60.7 Å². The van der Waals surface area contributed by atoms with E-state index < -0.39 is 0 Å². The average molecular weight is 353 g/mol. The SMILES string of the molecule is Cc1cc(C(=O)Nc2ccccc2Cl)nc(NCc2ccccc2)n1. The number of nitrogens with zero attached hydrogens (tertiary/aromatic N) is 2. The fraction of sp³-hybridized carbons (Fsp3) is 0.105. The van der Waals surface area contributed by atoms with Gasteiger partial charge in [-0.3, -0.25) is 4.79 Å². The van der Waals surface area contributed by atoms with Gasteiger partial charge in [-0.05, 0) is 30.7 Å². The molecular formula is C19H17ClN4O. The monoisotopic (exact) mass is 352 g/mol. The van der Waals surface area contributed by atoms with E-state index in [0.29, 0.717) is 28.9 Å². The Morgan fingerprint density at radius 2 is 1.76 bits per heavy atom. The van der Waals surface area contributed by atoms with Crippen LogP contribution in [0.4, 0.5) is 11.6 Å². The van der Waals surface area contributed by atoms with Crippen LogP contribution in [-0.4, -0.2) is 15.9 Å². The minimum Gasteiger partial charge on any atom is -0.350 e. The van der Waals surface area contributed by atoms with Crippen molar-refractivity contribution in [1.29, 1.82) is 0 Å². The van der Waals surface area contributed by atoms with E-state index in [4.69, 9.17) is 11.6 Å². The molecule has 1 amide bonds. The lowest BCUT2D eigenvalue weighted by atomic mass is 10.2. The van der Waals surface area contributed by atoms with Crippen molar-refractivity contribution < 1.29 is 4.79 Å². The fourth-order valence-corrected chi connectivity index (χ4v) is 2.47. The number of nitrogens with one attached hydrogen (secondary N) is 2. The molecule has 0 saturated carbocycles. The topological polar surface area (TPSA) is 66.9 Å². The molecule has 1 aromatic heterocycles. The van der Waals surface area contributed by atoms with Crippen LogP contribution in [0.1, 0.15) is 21.7 Å². The van der Waals surface area contributed by atoms with E-state index in [1.54, 1.807) is 30.3 Å². The van der Waals surface area contributed by atoms with Gasteiger partial charge < -0.3 is 10.6 Å². The van der Waals surface area contributed by atoms with Crippen LogP contribution in [0, 0.1) is 6.92 Å². The molecule has 0 unspecified atom stereocenters. The molecule has 25 heavy (non-hydrogen) atoms. The highest BCUT2D eigenvalue weighted by Crippen LogP contribution is 2.21. The van der Waals surface area contributed by atoms with Gasteiger partial charge in [-0.25, -0.2) is 9.97 Å². The summed E-state index contributed by atoms with van der Waals surface area (Å²) in [7, 11) is 0. The number of hydrogen-bond acceptors (Lipinski definition) is 4. The summed E-state index contributed by atoms with van der Waals surface area (Å²) in [5.41, 5.74) is 2.64. The molecule has 6 heteroatoms. The normalized spacial score (nSPS) is 10.3. The molecule has 0 atom stereocenters.